The van der Waals surface area contributed by atoms with E-state index < -0.39 is 0 Å². The van der Waals surface area contributed by atoms with Crippen molar-refractivity contribution in [2.24, 2.45) is 5.73 Å². The van der Waals surface area contributed by atoms with Gasteiger partial charge >= 0.3 is 0 Å². The fourth-order valence-electron chi connectivity index (χ4n) is 1.95. The van der Waals surface area contributed by atoms with Gasteiger partial charge in [0.25, 0.3) is 0 Å². The molecule has 0 aliphatic carbocycles. The number of hydrogen-bond acceptors (Lipinski definition) is 5. The number of nitrogens with zero attached hydrogens (tertiary/aromatic N) is 3. The summed E-state index contributed by atoms with van der Waals surface area (Å²) < 4.78 is 0.225. The van der Waals surface area contributed by atoms with Crippen LogP contribution in [0.3, 0.4) is 0 Å². The van der Waals surface area contributed by atoms with Crippen molar-refractivity contribution >= 4 is 34.8 Å². The molecule has 0 bridgehead atoms. The van der Waals surface area contributed by atoms with Crippen molar-refractivity contribution in [2.75, 3.05) is 23.7 Å². The number of thioether (sulfide) groups is 1. The van der Waals surface area contributed by atoms with E-state index in [0.717, 1.165) is 30.2 Å². The molecule has 1 aromatic heterocycles. The molecule has 92 valence electrons. The number of aromatic nitrogens is 2. The molecule has 0 aromatic carbocycles. The predicted octanol–water partition coefficient (Wildman–Crippen LogP) is 1.44. The van der Waals surface area contributed by atoms with Gasteiger partial charge in [-0.3, -0.25) is 0 Å². The van der Waals surface area contributed by atoms with E-state index in [1.165, 1.54) is 0 Å². The summed E-state index contributed by atoms with van der Waals surface area (Å²) in [5.74, 6) is 1.90. The van der Waals surface area contributed by atoms with E-state index in [0.29, 0.717) is 4.99 Å². The molecule has 0 saturated carbocycles. The highest BCUT2D eigenvalue weighted by Gasteiger charge is 2.29. The van der Waals surface area contributed by atoms with Crippen LogP contribution in [0.4, 0.5) is 5.82 Å². The number of thiocarbonyl (C=S) groups is 1. The van der Waals surface area contributed by atoms with Crippen LogP contribution in [-0.4, -0.2) is 38.8 Å². The summed E-state index contributed by atoms with van der Waals surface area (Å²) in [6, 6.07) is 1.83. The van der Waals surface area contributed by atoms with Crippen molar-refractivity contribution in [3.63, 3.8) is 0 Å². The molecule has 1 aliphatic heterocycles. The molecule has 1 aromatic rings. The van der Waals surface area contributed by atoms with Crippen molar-refractivity contribution in [3.05, 3.63) is 17.8 Å². The predicted molar refractivity (Wildman–Crippen MR) is 76.7 cm³/mol. The standard InChI is InChI=1S/C11H16N4S2/c1-11(2)7-15(5-6-17-11)10-8(9(12)16)3-4-13-14-10/h3-4H,5-7H2,1-2H3,(H2,12,16). The Labute approximate surface area is 111 Å². The van der Waals surface area contributed by atoms with E-state index in [4.69, 9.17) is 18.0 Å². The third-order valence-electron chi connectivity index (χ3n) is 2.69. The molecule has 0 unspecified atom stereocenters. The molecule has 2 N–H and O–H groups in total. The van der Waals surface area contributed by atoms with Crippen LogP contribution in [0.5, 0.6) is 0 Å². The van der Waals surface area contributed by atoms with Crippen molar-refractivity contribution < 1.29 is 0 Å². The molecule has 0 spiro atoms. The van der Waals surface area contributed by atoms with Crippen LogP contribution in [0.25, 0.3) is 0 Å². The van der Waals surface area contributed by atoms with Gasteiger partial charge < -0.3 is 10.6 Å². The van der Waals surface area contributed by atoms with Gasteiger partial charge in [-0.05, 0) is 19.9 Å². The van der Waals surface area contributed by atoms with E-state index >= 15 is 0 Å². The molecule has 2 heterocycles. The average Bonchev–Trinajstić information content (AvgIpc) is 2.27. The highest BCUT2D eigenvalue weighted by atomic mass is 32.2. The van der Waals surface area contributed by atoms with E-state index in [-0.39, 0.29) is 4.75 Å². The maximum Gasteiger partial charge on any atom is 0.161 e. The summed E-state index contributed by atoms with van der Waals surface area (Å²) >= 11 is 7.03. The van der Waals surface area contributed by atoms with Gasteiger partial charge in [-0.1, -0.05) is 12.2 Å². The Hall–Kier alpha value is -0.880. The van der Waals surface area contributed by atoms with Gasteiger partial charge in [0.15, 0.2) is 5.82 Å². The van der Waals surface area contributed by atoms with Gasteiger partial charge in [0.1, 0.15) is 4.99 Å². The van der Waals surface area contributed by atoms with Crippen LogP contribution in [0.2, 0.25) is 0 Å². The third kappa shape index (κ3) is 2.87. The van der Waals surface area contributed by atoms with Gasteiger partial charge in [-0.2, -0.15) is 16.9 Å². The van der Waals surface area contributed by atoms with E-state index in [9.17, 15) is 0 Å². The van der Waals surface area contributed by atoms with Crippen LogP contribution < -0.4 is 10.6 Å². The molecule has 0 amide bonds. The van der Waals surface area contributed by atoms with E-state index in [2.05, 4.69) is 28.9 Å². The summed E-state index contributed by atoms with van der Waals surface area (Å²) in [5, 5.41) is 8.13. The van der Waals surface area contributed by atoms with Gasteiger partial charge in [0.2, 0.25) is 0 Å². The van der Waals surface area contributed by atoms with Crippen molar-refractivity contribution in [2.45, 2.75) is 18.6 Å². The molecular formula is C11H16N4S2. The number of hydrogen-bond donors (Lipinski definition) is 1. The molecule has 0 radical (unpaired) electrons. The van der Waals surface area contributed by atoms with E-state index in [1.807, 2.05) is 17.8 Å². The first-order valence-corrected chi connectivity index (χ1v) is 6.89. The average molecular weight is 268 g/mol. The molecule has 1 aliphatic rings. The van der Waals surface area contributed by atoms with Crippen LogP contribution in [0.15, 0.2) is 12.3 Å². The van der Waals surface area contributed by atoms with Gasteiger partial charge in [0.05, 0.1) is 11.8 Å². The Morgan fingerprint density at radius 2 is 2.35 bits per heavy atom. The normalized spacial score (nSPS) is 19.1. The zero-order valence-corrected chi connectivity index (χ0v) is 11.6. The molecule has 17 heavy (non-hydrogen) atoms. The Morgan fingerprint density at radius 1 is 1.59 bits per heavy atom. The second-order valence-electron chi connectivity index (χ2n) is 4.66. The SMILES string of the molecule is CC1(C)CN(c2nnccc2C(N)=S)CCS1. The molecular weight excluding hydrogens is 252 g/mol. The monoisotopic (exact) mass is 268 g/mol. The summed E-state index contributed by atoms with van der Waals surface area (Å²) in [7, 11) is 0. The summed E-state index contributed by atoms with van der Waals surface area (Å²) in [6.07, 6.45) is 1.63. The number of anilines is 1. The van der Waals surface area contributed by atoms with Crippen molar-refractivity contribution in [3.8, 4) is 0 Å². The smallest absolute Gasteiger partial charge is 0.161 e. The lowest BCUT2D eigenvalue weighted by molar-refractivity contribution is 0.638. The Bertz CT molecular complexity index is 433. The first kappa shape index (κ1) is 12.6. The van der Waals surface area contributed by atoms with Gasteiger partial charge in [-0.25, -0.2) is 0 Å². The van der Waals surface area contributed by atoms with Crippen LogP contribution >= 0.6 is 24.0 Å². The van der Waals surface area contributed by atoms with Crippen molar-refractivity contribution in [1.82, 2.24) is 10.2 Å². The minimum Gasteiger partial charge on any atom is -0.389 e. The quantitative estimate of drug-likeness (QED) is 0.819. The largest absolute Gasteiger partial charge is 0.389 e. The highest BCUT2D eigenvalue weighted by molar-refractivity contribution is 8.00. The minimum absolute atomic E-state index is 0.225. The minimum atomic E-state index is 0.225. The Balaban J connectivity index is 2.30. The Morgan fingerprint density at radius 3 is 3.00 bits per heavy atom. The second kappa shape index (κ2) is 4.78. The van der Waals surface area contributed by atoms with E-state index in [1.54, 1.807) is 6.20 Å². The first-order chi connectivity index (χ1) is 7.99. The first-order valence-electron chi connectivity index (χ1n) is 5.50. The lowest BCUT2D eigenvalue weighted by Gasteiger charge is -2.38. The van der Waals surface area contributed by atoms with Gasteiger partial charge in [0, 0.05) is 23.6 Å². The fraction of sp³-hybridized carbons (Fsp3) is 0.545. The van der Waals surface area contributed by atoms with Crippen LogP contribution in [-0.2, 0) is 0 Å². The molecule has 1 saturated heterocycles. The Kier molecular flexibility index (Phi) is 3.53. The van der Waals surface area contributed by atoms with Crippen molar-refractivity contribution in [1.29, 1.82) is 0 Å². The molecule has 1 fully saturated rings. The molecule has 0 atom stereocenters. The zero-order valence-electron chi connectivity index (χ0n) is 10.0. The highest BCUT2D eigenvalue weighted by Crippen LogP contribution is 2.32. The maximum absolute atomic E-state index is 5.72. The second-order valence-corrected chi connectivity index (χ2v) is 6.90. The summed E-state index contributed by atoms with van der Waals surface area (Å²) in [5.41, 5.74) is 6.54. The number of rotatable bonds is 2. The molecule has 4 nitrogen and oxygen atoms in total. The molecule has 2 rings (SSSR count). The summed E-state index contributed by atoms with van der Waals surface area (Å²) in [4.78, 5) is 2.60. The lowest BCUT2D eigenvalue weighted by Crippen LogP contribution is -2.44. The fourth-order valence-corrected chi connectivity index (χ4v) is 3.22. The third-order valence-corrected chi connectivity index (χ3v) is 4.21. The lowest BCUT2D eigenvalue weighted by atomic mass is 10.1. The number of nitrogens with two attached hydrogens (primary N) is 1. The van der Waals surface area contributed by atoms with Crippen LogP contribution in [0, 0.1) is 0 Å². The van der Waals surface area contributed by atoms with Crippen LogP contribution in [0.1, 0.15) is 19.4 Å². The summed E-state index contributed by atoms with van der Waals surface area (Å²) in [6.45, 7) is 6.37. The topological polar surface area (TPSA) is 55.0 Å². The van der Waals surface area contributed by atoms with Gasteiger partial charge in [-0.15, -0.1) is 5.10 Å². The zero-order chi connectivity index (χ0) is 12.5. The molecule has 6 heteroatoms. The maximum atomic E-state index is 5.72.